The van der Waals surface area contributed by atoms with E-state index in [1.807, 2.05) is 0 Å². The molecular weight excluding hydrogens is 228 g/mol. The molecule has 106 valence electrons. The van der Waals surface area contributed by atoms with E-state index in [9.17, 15) is 0 Å². The van der Waals surface area contributed by atoms with Crippen LogP contribution in [0, 0.1) is 12.8 Å². The second-order valence-electron chi connectivity index (χ2n) is 6.45. The first-order valence-electron chi connectivity index (χ1n) is 8.40. The molecule has 1 aromatic carbocycles. The number of hydrogen-bond donors (Lipinski definition) is 0. The Balaban J connectivity index is 1.50. The van der Waals surface area contributed by atoms with Crippen molar-refractivity contribution >= 4 is 0 Å². The van der Waals surface area contributed by atoms with Crippen LogP contribution in [0.2, 0.25) is 0 Å². The lowest BCUT2D eigenvalue weighted by molar-refractivity contribution is 0.328. The van der Waals surface area contributed by atoms with Crippen molar-refractivity contribution in [2.75, 3.05) is 0 Å². The summed E-state index contributed by atoms with van der Waals surface area (Å²) < 4.78 is 0. The molecule has 0 heterocycles. The Morgan fingerprint density at radius 3 is 2.53 bits per heavy atom. The summed E-state index contributed by atoms with van der Waals surface area (Å²) in [6.07, 6.45) is 16.0. The zero-order valence-electron chi connectivity index (χ0n) is 12.7. The molecule has 0 unspecified atom stereocenters. The molecule has 1 aliphatic rings. The maximum atomic E-state index is 2.34. The highest BCUT2D eigenvalue weighted by Gasteiger charge is 2.12. The van der Waals surface area contributed by atoms with Gasteiger partial charge in [0.15, 0.2) is 0 Å². The van der Waals surface area contributed by atoms with Gasteiger partial charge in [0.2, 0.25) is 0 Å². The Morgan fingerprint density at radius 2 is 1.74 bits per heavy atom. The van der Waals surface area contributed by atoms with Crippen LogP contribution < -0.4 is 0 Å². The molecule has 1 aromatic rings. The van der Waals surface area contributed by atoms with E-state index in [4.69, 9.17) is 0 Å². The smallest absolute Gasteiger partial charge is 0.0279 e. The topological polar surface area (TPSA) is 0 Å². The van der Waals surface area contributed by atoms with Crippen LogP contribution in [-0.2, 0) is 6.42 Å². The van der Waals surface area contributed by atoms with E-state index in [1.54, 1.807) is 0 Å². The molecule has 19 heavy (non-hydrogen) atoms. The van der Waals surface area contributed by atoms with Gasteiger partial charge in [-0.3, -0.25) is 0 Å². The zero-order chi connectivity index (χ0) is 13.3. The van der Waals surface area contributed by atoms with Crippen molar-refractivity contribution in [2.24, 2.45) is 5.92 Å². The first kappa shape index (κ1) is 14.6. The maximum absolute atomic E-state index is 2.34. The fourth-order valence-electron chi connectivity index (χ4n) is 3.46. The average Bonchev–Trinajstić information content (AvgIpc) is 2.44. The number of aryl methyl sites for hydroxylation is 2. The normalized spacial score (nSPS) is 16.7. The van der Waals surface area contributed by atoms with Crippen LogP contribution in [-0.4, -0.2) is 0 Å². The Bertz CT molecular complexity index is 347. The van der Waals surface area contributed by atoms with Crippen molar-refractivity contribution < 1.29 is 0 Å². The number of rotatable bonds is 7. The molecule has 0 spiro atoms. The van der Waals surface area contributed by atoms with Gasteiger partial charge in [0.25, 0.3) is 0 Å². The fourth-order valence-corrected chi connectivity index (χ4v) is 3.46. The summed E-state index contributed by atoms with van der Waals surface area (Å²) >= 11 is 0. The molecule has 0 N–H and O–H groups in total. The van der Waals surface area contributed by atoms with Gasteiger partial charge in [0.1, 0.15) is 0 Å². The molecule has 0 aromatic heterocycles. The first-order valence-corrected chi connectivity index (χ1v) is 8.40. The molecule has 1 saturated carbocycles. The lowest BCUT2D eigenvalue weighted by Crippen LogP contribution is -2.05. The summed E-state index contributed by atoms with van der Waals surface area (Å²) in [7, 11) is 0. The monoisotopic (exact) mass is 258 g/mol. The van der Waals surface area contributed by atoms with E-state index in [0.29, 0.717) is 0 Å². The second kappa shape index (κ2) is 8.40. The zero-order valence-corrected chi connectivity index (χ0v) is 12.7. The Hall–Kier alpha value is -0.780. The summed E-state index contributed by atoms with van der Waals surface area (Å²) in [6.45, 7) is 2.19. The molecule has 0 atom stereocenters. The van der Waals surface area contributed by atoms with Crippen molar-refractivity contribution in [3.8, 4) is 0 Å². The highest BCUT2D eigenvalue weighted by Crippen LogP contribution is 2.28. The van der Waals surface area contributed by atoms with Gasteiger partial charge in [-0.05, 0) is 31.2 Å². The molecule has 2 rings (SSSR count). The van der Waals surface area contributed by atoms with E-state index in [0.717, 1.165) is 5.92 Å². The molecule has 0 amide bonds. The van der Waals surface area contributed by atoms with E-state index in [2.05, 4.69) is 31.2 Å². The van der Waals surface area contributed by atoms with Gasteiger partial charge in [-0.2, -0.15) is 0 Å². The minimum absolute atomic E-state index is 1.07. The van der Waals surface area contributed by atoms with Crippen molar-refractivity contribution in [2.45, 2.75) is 77.6 Å². The Kier molecular flexibility index (Phi) is 6.47. The number of hydrogen-bond acceptors (Lipinski definition) is 0. The second-order valence-corrected chi connectivity index (χ2v) is 6.45. The molecule has 0 nitrogen and oxygen atoms in total. The minimum Gasteiger partial charge on any atom is -0.0617 e. The summed E-state index contributed by atoms with van der Waals surface area (Å²) in [5.74, 6) is 1.07. The lowest BCUT2D eigenvalue weighted by Gasteiger charge is -2.21. The molecule has 1 aliphatic carbocycles. The SMILES string of the molecule is Cc1cccc(CCCCCCC2CCCCC2)c1. The van der Waals surface area contributed by atoms with E-state index >= 15 is 0 Å². The highest BCUT2D eigenvalue weighted by atomic mass is 14.2. The standard InChI is InChI=1S/C19H30/c1-17-10-9-15-19(16-17)14-6-3-2-5-11-18-12-7-4-8-13-18/h9-10,15-16,18H,2-8,11-14H2,1H3. The van der Waals surface area contributed by atoms with Crippen LogP contribution in [0.25, 0.3) is 0 Å². The van der Waals surface area contributed by atoms with Gasteiger partial charge in [-0.1, -0.05) is 87.6 Å². The Labute approximate surface area is 119 Å². The molecule has 0 aliphatic heterocycles. The lowest BCUT2D eigenvalue weighted by atomic mass is 9.85. The van der Waals surface area contributed by atoms with Crippen LogP contribution in [0.15, 0.2) is 24.3 Å². The summed E-state index contributed by atoms with van der Waals surface area (Å²) in [4.78, 5) is 0. The van der Waals surface area contributed by atoms with Crippen molar-refractivity contribution in [3.05, 3.63) is 35.4 Å². The molecule has 0 bridgehead atoms. The molecule has 1 fully saturated rings. The minimum atomic E-state index is 1.07. The van der Waals surface area contributed by atoms with Crippen molar-refractivity contribution in [3.63, 3.8) is 0 Å². The van der Waals surface area contributed by atoms with Gasteiger partial charge in [-0.15, -0.1) is 0 Å². The summed E-state index contributed by atoms with van der Waals surface area (Å²) in [5.41, 5.74) is 2.92. The third kappa shape index (κ3) is 5.80. The molecule has 0 heteroatoms. The summed E-state index contributed by atoms with van der Waals surface area (Å²) in [6, 6.07) is 8.98. The number of unbranched alkanes of at least 4 members (excludes halogenated alkanes) is 3. The average molecular weight is 258 g/mol. The quantitative estimate of drug-likeness (QED) is 0.521. The maximum Gasteiger partial charge on any atom is -0.0279 e. The van der Waals surface area contributed by atoms with Crippen LogP contribution in [0.1, 0.15) is 75.3 Å². The third-order valence-electron chi connectivity index (χ3n) is 4.64. The van der Waals surface area contributed by atoms with Gasteiger partial charge in [-0.25, -0.2) is 0 Å². The highest BCUT2D eigenvalue weighted by molar-refractivity contribution is 5.22. The fraction of sp³-hybridized carbons (Fsp3) is 0.684. The molecular formula is C19H30. The largest absolute Gasteiger partial charge is 0.0617 e. The van der Waals surface area contributed by atoms with Crippen molar-refractivity contribution in [1.82, 2.24) is 0 Å². The van der Waals surface area contributed by atoms with Crippen LogP contribution >= 0.6 is 0 Å². The van der Waals surface area contributed by atoms with Gasteiger partial charge < -0.3 is 0 Å². The number of benzene rings is 1. The van der Waals surface area contributed by atoms with Gasteiger partial charge in [0, 0.05) is 0 Å². The van der Waals surface area contributed by atoms with Crippen LogP contribution in [0.5, 0.6) is 0 Å². The van der Waals surface area contributed by atoms with Gasteiger partial charge in [0.05, 0.1) is 0 Å². The molecule has 0 saturated heterocycles. The van der Waals surface area contributed by atoms with E-state index < -0.39 is 0 Å². The van der Waals surface area contributed by atoms with E-state index in [1.165, 1.54) is 81.8 Å². The van der Waals surface area contributed by atoms with Crippen LogP contribution in [0.3, 0.4) is 0 Å². The molecule has 0 radical (unpaired) electrons. The van der Waals surface area contributed by atoms with Crippen LogP contribution in [0.4, 0.5) is 0 Å². The predicted octanol–water partition coefficient (Wildman–Crippen LogP) is 6.07. The van der Waals surface area contributed by atoms with E-state index in [-0.39, 0.29) is 0 Å². The predicted molar refractivity (Wildman–Crippen MR) is 84.5 cm³/mol. The first-order chi connectivity index (χ1) is 9.34. The third-order valence-corrected chi connectivity index (χ3v) is 4.64. The van der Waals surface area contributed by atoms with Gasteiger partial charge >= 0.3 is 0 Å². The van der Waals surface area contributed by atoms with Crippen molar-refractivity contribution in [1.29, 1.82) is 0 Å². The summed E-state index contributed by atoms with van der Waals surface area (Å²) in [5, 5.41) is 0. The Morgan fingerprint density at radius 1 is 0.947 bits per heavy atom.